The second-order valence-corrected chi connectivity index (χ2v) is 4.99. The van der Waals surface area contributed by atoms with Gasteiger partial charge in [-0.1, -0.05) is 25.1 Å². The maximum atomic E-state index is 13.4. The summed E-state index contributed by atoms with van der Waals surface area (Å²) in [7, 11) is 0. The molecule has 0 aliphatic carbocycles. The van der Waals surface area contributed by atoms with Gasteiger partial charge in [0, 0.05) is 6.04 Å². The topological polar surface area (TPSA) is 35.2 Å². The van der Waals surface area contributed by atoms with E-state index in [0.717, 1.165) is 23.3 Å². The van der Waals surface area contributed by atoms with Crippen LogP contribution in [0.5, 0.6) is 11.5 Å². The number of aryl methyl sites for hydroxylation is 1. The summed E-state index contributed by atoms with van der Waals surface area (Å²) in [4.78, 5) is 0. The molecule has 1 atom stereocenters. The maximum Gasteiger partial charge on any atom is 0.130 e. The molecule has 2 aromatic rings. The van der Waals surface area contributed by atoms with Crippen LogP contribution in [0.3, 0.4) is 0 Å². The SMILES string of the molecule is CCC(N)Cc1cc(F)ccc1Oc1ccccc1C. The van der Waals surface area contributed by atoms with E-state index in [1.807, 2.05) is 38.1 Å². The quantitative estimate of drug-likeness (QED) is 0.885. The number of rotatable bonds is 5. The van der Waals surface area contributed by atoms with Gasteiger partial charge in [-0.3, -0.25) is 0 Å². The number of halogens is 1. The fourth-order valence-electron chi connectivity index (χ4n) is 2.02. The molecule has 0 heterocycles. The van der Waals surface area contributed by atoms with Gasteiger partial charge in [0.15, 0.2) is 0 Å². The zero-order chi connectivity index (χ0) is 14.5. The molecule has 0 amide bonds. The summed E-state index contributed by atoms with van der Waals surface area (Å²) >= 11 is 0. The van der Waals surface area contributed by atoms with Gasteiger partial charge < -0.3 is 10.5 Å². The standard InChI is InChI=1S/C17H20FNO/c1-3-15(19)11-13-10-14(18)8-9-17(13)20-16-7-5-4-6-12(16)2/h4-10,15H,3,11,19H2,1-2H3. The first kappa shape index (κ1) is 14.5. The Morgan fingerprint density at radius 3 is 2.60 bits per heavy atom. The van der Waals surface area contributed by atoms with Crippen molar-refractivity contribution in [2.45, 2.75) is 32.7 Å². The van der Waals surface area contributed by atoms with Gasteiger partial charge in [-0.15, -0.1) is 0 Å². The average Bonchev–Trinajstić information content (AvgIpc) is 2.44. The first-order valence-corrected chi connectivity index (χ1v) is 6.87. The van der Waals surface area contributed by atoms with E-state index in [-0.39, 0.29) is 11.9 Å². The Bertz CT molecular complexity index is 583. The molecule has 0 bridgehead atoms. The van der Waals surface area contributed by atoms with Crippen LogP contribution in [0.2, 0.25) is 0 Å². The molecular formula is C17H20FNO. The van der Waals surface area contributed by atoms with Crippen molar-refractivity contribution in [3.8, 4) is 11.5 Å². The lowest BCUT2D eigenvalue weighted by Crippen LogP contribution is -2.21. The van der Waals surface area contributed by atoms with E-state index in [1.54, 1.807) is 6.07 Å². The van der Waals surface area contributed by atoms with E-state index in [2.05, 4.69) is 0 Å². The van der Waals surface area contributed by atoms with Gasteiger partial charge in [0.25, 0.3) is 0 Å². The summed E-state index contributed by atoms with van der Waals surface area (Å²) in [5.41, 5.74) is 7.82. The lowest BCUT2D eigenvalue weighted by atomic mass is 10.0. The van der Waals surface area contributed by atoms with Crippen LogP contribution >= 0.6 is 0 Å². The van der Waals surface area contributed by atoms with Crippen LogP contribution in [-0.2, 0) is 6.42 Å². The molecule has 2 aromatic carbocycles. The second kappa shape index (κ2) is 6.53. The monoisotopic (exact) mass is 273 g/mol. The molecule has 2 rings (SSSR count). The molecule has 0 saturated heterocycles. The zero-order valence-electron chi connectivity index (χ0n) is 11.9. The van der Waals surface area contributed by atoms with Gasteiger partial charge in [-0.25, -0.2) is 4.39 Å². The lowest BCUT2D eigenvalue weighted by molar-refractivity contribution is 0.466. The Labute approximate surface area is 119 Å². The summed E-state index contributed by atoms with van der Waals surface area (Å²) in [5.74, 6) is 1.19. The van der Waals surface area contributed by atoms with E-state index in [0.29, 0.717) is 12.2 Å². The van der Waals surface area contributed by atoms with Crippen LogP contribution in [-0.4, -0.2) is 6.04 Å². The second-order valence-electron chi connectivity index (χ2n) is 4.99. The molecule has 0 aliphatic rings. The molecule has 3 heteroatoms. The summed E-state index contributed by atoms with van der Waals surface area (Å²) in [6.45, 7) is 4.00. The smallest absolute Gasteiger partial charge is 0.130 e. The first-order chi connectivity index (χ1) is 9.60. The number of ether oxygens (including phenoxy) is 1. The molecule has 0 spiro atoms. The average molecular weight is 273 g/mol. The van der Waals surface area contributed by atoms with Crippen LogP contribution in [0.15, 0.2) is 42.5 Å². The number of nitrogens with two attached hydrogens (primary N) is 1. The van der Waals surface area contributed by atoms with Crippen LogP contribution in [0.25, 0.3) is 0 Å². The van der Waals surface area contributed by atoms with Crippen molar-refractivity contribution in [3.05, 3.63) is 59.4 Å². The number of para-hydroxylation sites is 1. The van der Waals surface area contributed by atoms with E-state index >= 15 is 0 Å². The molecule has 0 radical (unpaired) electrons. The van der Waals surface area contributed by atoms with E-state index < -0.39 is 0 Å². The Morgan fingerprint density at radius 1 is 1.15 bits per heavy atom. The number of hydrogen-bond donors (Lipinski definition) is 1. The number of benzene rings is 2. The largest absolute Gasteiger partial charge is 0.457 e. The Morgan fingerprint density at radius 2 is 1.90 bits per heavy atom. The molecule has 106 valence electrons. The Hall–Kier alpha value is -1.87. The molecule has 0 aromatic heterocycles. The van der Waals surface area contributed by atoms with Gasteiger partial charge in [0.05, 0.1) is 0 Å². The van der Waals surface area contributed by atoms with E-state index in [4.69, 9.17) is 10.5 Å². The van der Waals surface area contributed by atoms with Crippen LogP contribution < -0.4 is 10.5 Å². The summed E-state index contributed by atoms with van der Waals surface area (Å²) in [5, 5.41) is 0. The Kier molecular flexibility index (Phi) is 4.74. The van der Waals surface area contributed by atoms with Gasteiger partial charge in [-0.2, -0.15) is 0 Å². The molecule has 20 heavy (non-hydrogen) atoms. The van der Waals surface area contributed by atoms with Crippen molar-refractivity contribution < 1.29 is 9.13 Å². The van der Waals surface area contributed by atoms with Crippen molar-refractivity contribution in [1.29, 1.82) is 0 Å². The first-order valence-electron chi connectivity index (χ1n) is 6.87. The van der Waals surface area contributed by atoms with Crippen molar-refractivity contribution >= 4 is 0 Å². The van der Waals surface area contributed by atoms with Gasteiger partial charge >= 0.3 is 0 Å². The van der Waals surface area contributed by atoms with Crippen molar-refractivity contribution in [1.82, 2.24) is 0 Å². The normalized spacial score (nSPS) is 12.2. The van der Waals surface area contributed by atoms with Crippen LogP contribution in [0.4, 0.5) is 4.39 Å². The predicted octanol–water partition coefficient (Wildman–Crippen LogP) is 4.21. The van der Waals surface area contributed by atoms with Crippen LogP contribution in [0.1, 0.15) is 24.5 Å². The highest BCUT2D eigenvalue weighted by molar-refractivity contribution is 5.41. The molecule has 1 unspecified atom stereocenters. The molecule has 2 nitrogen and oxygen atoms in total. The predicted molar refractivity (Wildman–Crippen MR) is 79.6 cm³/mol. The van der Waals surface area contributed by atoms with Crippen LogP contribution in [0, 0.1) is 12.7 Å². The third-order valence-electron chi connectivity index (χ3n) is 3.34. The molecule has 2 N–H and O–H groups in total. The lowest BCUT2D eigenvalue weighted by Gasteiger charge is -2.15. The molecule has 0 saturated carbocycles. The minimum Gasteiger partial charge on any atom is -0.457 e. The van der Waals surface area contributed by atoms with Gasteiger partial charge in [0.1, 0.15) is 17.3 Å². The number of hydrogen-bond acceptors (Lipinski definition) is 2. The van der Waals surface area contributed by atoms with Gasteiger partial charge in [-0.05, 0) is 55.2 Å². The summed E-state index contributed by atoms with van der Waals surface area (Å²) < 4.78 is 19.3. The summed E-state index contributed by atoms with van der Waals surface area (Å²) in [6.07, 6.45) is 1.45. The highest BCUT2D eigenvalue weighted by Gasteiger charge is 2.11. The molecule has 0 aliphatic heterocycles. The fraction of sp³-hybridized carbons (Fsp3) is 0.294. The Balaban J connectivity index is 2.29. The zero-order valence-corrected chi connectivity index (χ0v) is 11.9. The third-order valence-corrected chi connectivity index (χ3v) is 3.34. The fourth-order valence-corrected chi connectivity index (χ4v) is 2.02. The third kappa shape index (κ3) is 3.58. The van der Waals surface area contributed by atoms with E-state index in [9.17, 15) is 4.39 Å². The minimum atomic E-state index is -0.263. The minimum absolute atomic E-state index is 0.0102. The van der Waals surface area contributed by atoms with E-state index in [1.165, 1.54) is 12.1 Å². The van der Waals surface area contributed by atoms with Gasteiger partial charge in [0.2, 0.25) is 0 Å². The van der Waals surface area contributed by atoms with Crippen molar-refractivity contribution in [2.75, 3.05) is 0 Å². The van der Waals surface area contributed by atoms with Crippen molar-refractivity contribution in [3.63, 3.8) is 0 Å². The maximum absolute atomic E-state index is 13.4. The van der Waals surface area contributed by atoms with Crippen molar-refractivity contribution in [2.24, 2.45) is 5.73 Å². The molecular weight excluding hydrogens is 253 g/mol. The highest BCUT2D eigenvalue weighted by Crippen LogP contribution is 2.29. The molecule has 0 fully saturated rings. The highest BCUT2D eigenvalue weighted by atomic mass is 19.1. The summed E-state index contributed by atoms with van der Waals surface area (Å²) in [6, 6.07) is 12.4.